The van der Waals surface area contributed by atoms with E-state index in [4.69, 9.17) is 10.5 Å². The van der Waals surface area contributed by atoms with Crippen molar-refractivity contribution in [2.75, 3.05) is 17.7 Å². The molecule has 4 nitrogen and oxygen atoms in total. The van der Waals surface area contributed by atoms with E-state index in [0.717, 1.165) is 15.8 Å². The van der Waals surface area contributed by atoms with Gasteiger partial charge in [0, 0.05) is 0 Å². The number of carbonyl (C=O) groups excluding carboxylic acids is 1. The Morgan fingerprint density at radius 3 is 2.76 bits per heavy atom. The van der Waals surface area contributed by atoms with E-state index in [-0.39, 0.29) is 12.3 Å². The van der Waals surface area contributed by atoms with Crippen LogP contribution in [0.2, 0.25) is 0 Å². The third kappa shape index (κ3) is 4.49. The molecule has 3 N–H and O–H groups in total. The second kappa shape index (κ2) is 7.13. The molecule has 0 saturated heterocycles. The molecular formula is C16H17BrN2O2. The maximum atomic E-state index is 11.8. The molecule has 0 aliphatic heterocycles. The smallest absolute Gasteiger partial charge is 0.227 e. The summed E-state index contributed by atoms with van der Waals surface area (Å²) in [4.78, 5) is 11.8. The Morgan fingerprint density at radius 1 is 1.29 bits per heavy atom. The molecule has 0 heterocycles. The lowest BCUT2D eigenvalue weighted by Crippen LogP contribution is -2.16. The van der Waals surface area contributed by atoms with Crippen molar-refractivity contribution in [3.63, 3.8) is 0 Å². The first-order chi connectivity index (χ1) is 10.1. The Kier molecular flexibility index (Phi) is 5.22. The number of hydrogen-bond donors (Lipinski definition) is 2. The van der Waals surface area contributed by atoms with Gasteiger partial charge in [0.1, 0.15) is 5.75 Å². The molecule has 0 radical (unpaired) electrons. The highest BCUT2D eigenvalue weighted by atomic mass is 79.9. The molecule has 0 bridgehead atoms. The van der Waals surface area contributed by atoms with Crippen LogP contribution >= 0.6 is 15.9 Å². The van der Waals surface area contributed by atoms with Crippen LogP contribution < -0.4 is 15.8 Å². The van der Waals surface area contributed by atoms with Crippen molar-refractivity contribution in [2.24, 2.45) is 0 Å². The molecule has 110 valence electrons. The number of rotatable bonds is 5. The topological polar surface area (TPSA) is 64.3 Å². The zero-order chi connectivity index (χ0) is 15.2. The lowest BCUT2D eigenvalue weighted by molar-refractivity contribution is -0.116. The number of carbonyl (C=O) groups is 1. The van der Waals surface area contributed by atoms with Gasteiger partial charge in [0.2, 0.25) is 5.91 Å². The monoisotopic (exact) mass is 348 g/mol. The number of nitrogens with one attached hydrogen (secondary N) is 1. The zero-order valence-corrected chi connectivity index (χ0v) is 13.3. The second-order valence-corrected chi connectivity index (χ2v) is 5.52. The SMILES string of the molecule is Cc1ccc(OCCC(=O)Nc2ccccc2N)c(Br)c1. The summed E-state index contributed by atoms with van der Waals surface area (Å²) in [5.74, 6) is 0.601. The fourth-order valence-electron chi connectivity index (χ4n) is 1.80. The molecule has 2 rings (SSSR count). The maximum absolute atomic E-state index is 11.8. The number of nitrogen functional groups attached to an aromatic ring is 1. The molecule has 0 aliphatic rings. The molecule has 2 aromatic carbocycles. The number of benzene rings is 2. The van der Waals surface area contributed by atoms with Crippen LogP contribution in [0.25, 0.3) is 0 Å². The van der Waals surface area contributed by atoms with E-state index in [0.29, 0.717) is 18.0 Å². The summed E-state index contributed by atoms with van der Waals surface area (Å²) in [7, 11) is 0. The quantitative estimate of drug-likeness (QED) is 0.808. The van der Waals surface area contributed by atoms with Crippen molar-refractivity contribution in [3.05, 3.63) is 52.5 Å². The zero-order valence-electron chi connectivity index (χ0n) is 11.7. The molecule has 0 aromatic heterocycles. The molecule has 0 aliphatic carbocycles. The number of para-hydroxylation sites is 2. The highest BCUT2D eigenvalue weighted by Crippen LogP contribution is 2.25. The molecular weight excluding hydrogens is 332 g/mol. The fraction of sp³-hybridized carbons (Fsp3) is 0.188. The summed E-state index contributed by atoms with van der Waals surface area (Å²) >= 11 is 3.44. The van der Waals surface area contributed by atoms with Gasteiger partial charge in [-0.1, -0.05) is 18.2 Å². The minimum absolute atomic E-state index is 0.129. The Balaban J connectivity index is 1.83. The Morgan fingerprint density at radius 2 is 2.05 bits per heavy atom. The van der Waals surface area contributed by atoms with Crippen LogP contribution in [-0.2, 0) is 4.79 Å². The summed E-state index contributed by atoms with van der Waals surface area (Å²) in [5, 5.41) is 2.76. The normalized spacial score (nSPS) is 10.2. The lowest BCUT2D eigenvalue weighted by Gasteiger charge is -2.10. The van der Waals surface area contributed by atoms with Crippen LogP contribution in [0.3, 0.4) is 0 Å². The minimum atomic E-state index is -0.129. The average Bonchev–Trinajstić information content (AvgIpc) is 2.44. The van der Waals surface area contributed by atoms with E-state index < -0.39 is 0 Å². The molecule has 2 aromatic rings. The Bertz CT molecular complexity index is 644. The highest BCUT2D eigenvalue weighted by molar-refractivity contribution is 9.10. The number of hydrogen-bond acceptors (Lipinski definition) is 3. The molecule has 0 atom stereocenters. The van der Waals surface area contributed by atoms with Crippen molar-refractivity contribution in [3.8, 4) is 5.75 Å². The first kappa shape index (κ1) is 15.4. The number of aryl methyl sites for hydroxylation is 1. The number of anilines is 2. The van der Waals surface area contributed by atoms with Crippen LogP contribution in [0, 0.1) is 6.92 Å². The maximum Gasteiger partial charge on any atom is 0.227 e. The van der Waals surface area contributed by atoms with Crippen molar-refractivity contribution in [1.29, 1.82) is 0 Å². The average molecular weight is 349 g/mol. The van der Waals surface area contributed by atoms with Crippen LogP contribution in [-0.4, -0.2) is 12.5 Å². The number of nitrogens with two attached hydrogens (primary N) is 1. The third-order valence-corrected chi connectivity index (χ3v) is 3.53. The summed E-state index contributed by atoms with van der Waals surface area (Å²) in [6.45, 7) is 2.31. The summed E-state index contributed by atoms with van der Waals surface area (Å²) in [6, 6.07) is 13.0. The Labute approximate surface area is 132 Å². The number of amides is 1. The third-order valence-electron chi connectivity index (χ3n) is 2.91. The van der Waals surface area contributed by atoms with Gasteiger partial charge in [-0.05, 0) is 52.7 Å². The summed E-state index contributed by atoms with van der Waals surface area (Å²) < 4.78 is 6.48. The van der Waals surface area contributed by atoms with Crippen molar-refractivity contribution >= 4 is 33.2 Å². The van der Waals surface area contributed by atoms with Gasteiger partial charge in [0.25, 0.3) is 0 Å². The van der Waals surface area contributed by atoms with Gasteiger partial charge >= 0.3 is 0 Å². The number of ether oxygens (including phenoxy) is 1. The van der Waals surface area contributed by atoms with Crippen LogP contribution in [0.15, 0.2) is 46.9 Å². The Hall–Kier alpha value is -2.01. The standard InChI is InChI=1S/C16H17BrN2O2/c1-11-6-7-15(12(17)10-11)21-9-8-16(20)19-14-5-3-2-4-13(14)18/h2-7,10H,8-9,18H2,1H3,(H,19,20). The number of halogens is 1. The van der Waals surface area contributed by atoms with Crippen molar-refractivity contribution in [1.82, 2.24) is 0 Å². The van der Waals surface area contributed by atoms with E-state index in [2.05, 4.69) is 21.2 Å². The molecule has 5 heteroatoms. The van der Waals surface area contributed by atoms with Gasteiger partial charge in [-0.2, -0.15) is 0 Å². The van der Waals surface area contributed by atoms with Crippen molar-refractivity contribution in [2.45, 2.75) is 13.3 Å². The van der Waals surface area contributed by atoms with E-state index in [1.54, 1.807) is 12.1 Å². The van der Waals surface area contributed by atoms with Gasteiger partial charge < -0.3 is 15.8 Å². The van der Waals surface area contributed by atoms with Gasteiger partial charge in [-0.3, -0.25) is 4.79 Å². The molecule has 0 unspecified atom stereocenters. The van der Waals surface area contributed by atoms with Crippen molar-refractivity contribution < 1.29 is 9.53 Å². The van der Waals surface area contributed by atoms with Gasteiger partial charge in [-0.25, -0.2) is 0 Å². The van der Waals surface area contributed by atoms with Gasteiger partial charge in [-0.15, -0.1) is 0 Å². The van der Waals surface area contributed by atoms with E-state index in [9.17, 15) is 4.79 Å². The van der Waals surface area contributed by atoms with Crippen LogP contribution in [0.4, 0.5) is 11.4 Å². The molecule has 1 amide bonds. The summed E-state index contributed by atoms with van der Waals surface area (Å²) in [5.41, 5.74) is 8.09. The van der Waals surface area contributed by atoms with Crippen LogP contribution in [0.1, 0.15) is 12.0 Å². The first-order valence-electron chi connectivity index (χ1n) is 6.59. The lowest BCUT2D eigenvalue weighted by atomic mass is 10.2. The van der Waals surface area contributed by atoms with E-state index in [1.807, 2.05) is 37.3 Å². The van der Waals surface area contributed by atoms with Gasteiger partial charge in [0.05, 0.1) is 28.9 Å². The van der Waals surface area contributed by atoms with E-state index >= 15 is 0 Å². The van der Waals surface area contributed by atoms with Crippen LogP contribution in [0.5, 0.6) is 5.75 Å². The molecule has 21 heavy (non-hydrogen) atoms. The predicted octanol–water partition coefficient (Wildman–Crippen LogP) is 3.75. The molecule has 0 spiro atoms. The highest BCUT2D eigenvalue weighted by Gasteiger charge is 2.06. The van der Waals surface area contributed by atoms with Gasteiger partial charge in [0.15, 0.2) is 0 Å². The van der Waals surface area contributed by atoms with E-state index in [1.165, 1.54) is 0 Å². The first-order valence-corrected chi connectivity index (χ1v) is 7.39. The largest absolute Gasteiger partial charge is 0.492 e. The summed E-state index contributed by atoms with van der Waals surface area (Å²) in [6.07, 6.45) is 0.259. The predicted molar refractivity (Wildman–Crippen MR) is 88.5 cm³/mol. The fourth-order valence-corrected chi connectivity index (χ4v) is 2.41. The molecule has 0 saturated carbocycles. The molecule has 0 fully saturated rings. The second-order valence-electron chi connectivity index (χ2n) is 4.67. The minimum Gasteiger partial charge on any atom is -0.492 e.